The topological polar surface area (TPSA) is 73.4 Å². The summed E-state index contributed by atoms with van der Waals surface area (Å²) in [4.78, 5) is 11.4. The second-order valence-corrected chi connectivity index (χ2v) is 7.30. The summed E-state index contributed by atoms with van der Waals surface area (Å²) >= 11 is 1.66. The van der Waals surface area contributed by atoms with E-state index in [1.54, 1.807) is 11.8 Å². The predicted molar refractivity (Wildman–Crippen MR) is 101 cm³/mol. The van der Waals surface area contributed by atoms with E-state index in [1.165, 1.54) is 0 Å². The second-order valence-electron chi connectivity index (χ2n) is 6.36. The highest BCUT2D eigenvalue weighted by Crippen LogP contribution is 2.25. The number of thioether (sulfide) groups is 1. The third kappa shape index (κ3) is 3.28. The average Bonchev–Trinajstić information content (AvgIpc) is 3.24. The van der Waals surface area contributed by atoms with Gasteiger partial charge in [-0.2, -0.15) is 0 Å². The lowest BCUT2D eigenvalue weighted by atomic mass is 10.3. The van der Waals surface area contributed by atoms with Crippen LogP contribution in [0.1, 0.15) is 24.0 Å². The lowest BCUT2D eigenvalue weighted by Crippen LogP contribution is -2.38. The molecule has 0 radical (unpaired) electrons. The van der Waals surface area contributed by atoms with Crippen molar-refractivity contribution in [1.82, 2.24) is 29.1 Å². The first kappa shape index (κ1) is 17.3. The van der Waals surface area contributed by atoms with Crippen LogP contribution in [0.4, 0.5) is 5.95 Å². The Balaban J connectivity index is 1.53. The fourth-order valence-corrected chi connectivity index (χ4v) is 4.07. The molecular formula is C17H23N7OS. The van der Waals surface area contributed by atoms with Crippen LogP contribution in [0.25, 0.3) is 5.78 Å². The number of nitrogens with zero attached hydrogens (tertiary/aromatic N) is 7. The van der Waals surface area contributed by atoms with Crippen LogP contribution in [0.5, 0.6) is 0 Å². The fraction of sp³-hybridized carbons (Fsp3) is 0.529. The largest absolute Gasteiger partial charge is 0.378 e. The number of rotatable bonds is 5. The molecular weight excluding hydrogens is 350 g/mol. The van der Waals surface area contributed by atoms with Gasteiger partial charge in [0.05, 0.1) is 18.9 Å². The molecule has 0 aromatic carbocycles. The van der Waals surface area contributed by atoms with Crippen LogP contribution in [0.2, 0.25) is 0 Å². The molecule has 0 spiro atoms. The molecule has 1 saturated heterocycles. The van der Waals surface area contributed by atoms with Gasteiger partial charge in [0.2, 0.25) is 11.7 Å². The Hall–Kier alpha value is -2.13. The molecule has 0 unspecified atom stereocenters. The standard InChI is InChI=1S/C17H23N7OS/c1-4-23-16(22-5-7-25-8-6-22)20-21-17(23)26-11-14-10-24-13(3)9-12(2)18-15(24)19-14/h9-10H,4-8,11H2,1-3H3. The van der Waals surface area contributed by atoms with E-state index in [1.807, 2.05) is 11.3 Å². The number of morpholine rings is 1. The first-order valence-electron chi connectivity index (χ1n) is 8.86. The van der Waals surface area contributed by atoms with Crippen molar-refractivity contribution in [3.63, 3.8) is 0 Å². The van der Waals surface area contributed by atoms with Crippen LogP contribution in [0, 0.1) is 13.8 Å². The van der Waals surface area contributed by atoms with Crippen molar-refractivity contribution in [1.29, 1.82) is 0 Å². The number of anilines is 1. The van der Waals surface area contributed by atoms with E-state index in [0.29, 0.717) is 0 Å². The molecule has 0 atom stereocenters. The van der Waals surface area contributed by atoms with Gasteiger partial charge in [0, 0.05) is 43.0 Å². The van der Waals surface area contributed by atoms with Crippen molar-refractivity contribution in [2.45, 2.75) is 38.2 Å². The second kappa shape index (κ2) is 7.24. The molecule has 0 bridgehead atoms. The lowest BCUT2D eigenvalue weighted by molar-refractivity contribution is 0.121. The van der Waals surface area contributed by atoms with Crippen LogP contribution >= 0.6 is 11.8 Å². The summed E-state index contributed by atoms with van der Waals surface area (Å²) < 4.78 is 9.63. The number of imidazole rings is 1. The van der Waals surface area contributed by atoms with Crippen molar-refractivity contribution in [3.05, 3.63) is 29.3 Å². The van der Waals surface area contributed by atoms with Gasteiger partial charge < -0.3 is 9.64 Å². The number of aryl methyl sites for hydroxylation is 2. The zero-order valence-corrected chi connectivity index (χ0v) is 16.2. The molecule has 1 aliphatic rings. The van der Waals surface area contributed by atoms with Crippen LogP contribution in [0.15, 0.2) is 17.4 Å². The smallest absolute Gasteiger partial charge is 0.234 e. The summed E-state index contributed by atoms with van der Waals surface area (Å²) in [5.74, 6) is 2.42. The molecule has 9 heteroatoms. The van der Waals surface area contributed by atoms with Gasteiger partial charge in [-0.25, -0.2) is 9.97 Å². The molecule has 0 aliphatic carbocycles. The van der Waals surface area contributed by atoms with Gasteiger partial charge in [-0.3, -0.25) is 8.97 Å². The number of ether oxygens (including phenoxy) is 1. The molecule has 1 fully saturated rings. The van der Waals surface area contributed by atoms with E-state index in [0.717, 1.165) is 72.6 Å². The lowest BCUT2D eigenvalue weighted by Gasteiger charge is -2.27. The van der Waals surface area contributed by atoms with E-state index in [2.05, 4.69) is 55.7 Å². The summed E-state index contributed by atoms with van der Waals surface area (Å²) in [6.07, 6.45) is 2.06. The van der Waals surface area contributed by atoms with Gasteiger partial charge in [0.25, 0.3) is 0 Å². The minimum Gasteiger partial charge on any atom is -0.378 e. The Kier molecular flexibility index (Phi) is 4.82. The van der Waals surface area contributed by atoms with Gasteiger partial charge in [-0.15, -0.1) is 10.2 Å². The first-order valence-corrected chi connectivity index (χ1v) is 9.85. The van der Waals surface area contributed by atoms with Crippen LogP contribution < -0.4 is 4.90 Å². The summed E-state index contributed by atoms with van der Waals surface area (Å²) in [5, 5.41) is 9.75. The van der Waals surface area contributed by atoms with E-state index in [4.69, 9.17) is 4.74 Å². The minimum atomic E-state index is 0.739. The Bertz CT molecular complexity index is 913. The zero-order valence-electron chi connectivity index (χ0n) is 15.3. The molecule has 3 aromatic heterocycles. The number of hydrogen-bond acceptors (Lipinski definition) is 7. The molecule has 4 rings (SSSR count). The summed E-state index contributed by atoms with van der Waals surface area (Å²) in [6, 6.07) is 2.06. The Morgan fingerprint density at radius 1 is 1.15 bits per heavy atom. The number of hydrogen-bond donors (Lipinski definition) is 0. The van der Waals surface area contributed by atoms with Crippen molar-refractivity contribution < 1.29 is 4.74 Å². The van der Waals surface area contributed by atoms with Gasteiger partial charge in [0.15, 0.2) is 5.16 Å². The molecule has 3 aromatic rings. The molecule has 0 saturated carbocycles. The van der Waals surface area contributed by atoms with Crippen molar-refractivity contribution in [2.24, 2.45) is 0 Å². The van der Waals surface area contributed by atoms with E-state index >= 15 is 0 Å². The van der Waals surface area contributed by atoms with Crippen molar-refractivity contribution in [2.75, 3.05) is 31.2 Å². The summed E-state index contributed by atoms with van der Waals surface area (Å²) in [7, 11) is 0. The fourth-order valence-electron chi connectivity index (χ4n) is 3.19. The molecule has 0 amide bonds. The molecule has 0 N–H and O–H groups in total. The Labute approximate surface area is 156 Å². The summed E-state index contributed by atoms with van der Waals surface area (Å²) in [6.45, 7) is 10.2. The van der Waals surface area contributed by atoms with Gasteiger partial charge in [-0.05, 0) is 26.8 Å². The van der Waals surface area contributed by atoms with Crippen molar-refractivity contribution >= 4 is 23.5 Å². The Morgan fingerprint density at radius 3 is 2.73 bits per heavy atom. The zero-order chi connectivity index (χ0) is 18.1. The van der Waals surface area contributed by atoms with Crippen molar-refractivity contribution in [3.8, 4) is 0 Å². The van der Waals surface area contributed by atoms with E-state index in [9.17, 15) is 0 Å². The van der Waals surface area contributed by atoms with E-state index in [-0.39, 0.29) is 0 Å². The average molecular weight is 373 g/mol. The summed E-state index contributed by atoms with van der Waals surface area (Å²) in [5.41, 5.74) is 3.12. The van der Waals surface area contributed by atoms with Gasteiger partial charge in [-0.1, -0.05) is 11.8 Å². The molecule has 1 aliphatic heterocycles. The SMILES string of the molecule is CCn1c(SCc2cn3c(C)cc(C)nc3n2)nnc1N1CCOCC1. The highest BCUT2D eigenvalue weighted by molar-refractivity contribution is 7.98. The van der Waals surface area contributed by atoms with Gasteiger partial charge >= 0.3 is 0 Å². The minimum absolute atomic E-state index is 0.739. The maximum atomic E-state index is 5.43. The third-order valence-electron chi connectivity index (χ3n) is 4.47. The molecule has 4 heterocycles. The maximum absolute atomic E-state index is 5.43. The van der Waals surface area contributed by atoms with Crippen LogP contribution in [0.3, 0.4) is 0 Å². The highest BCUT2D eigenvalue weighted by atomic mass is 32.2. The first-order chi connectivity index (χ1) is 12.7. The van der Waals surface area contributed by atoms with Crippen LogP contribution in [-0.4, -0.2) is 55.4 Å². The quantitative estimate of drug-likeness (QED) is 0.634. The monoisotopic (exact) mass is 373 g/mol. The third-order valence-corrected chi connectivity index (χ3v) is 5.47. The van der Waals surface area contributed by atoms with Gasteiger partial charge in [0.1, 0.15) is 0 Å². The molecule has 26 heavy (non-hydrogen) atoms. The number of fused-ring (bicyclic) bond motifs is 1. The van der Waals surface area contributed by atoms with E-state index < -0.39 is 0 Å². The maximum Gasteiger partial charge on any atom is 0.234 e. The predicted octanol–water partition coefficient (Wildman–Crippen LogP) is 2.09. The molecule has 138 valence electrons. The Morgan fingerprint density at radius 2 is 1.96 bits per heavy atom. The normalized spacial score (nSPS) is 15.1. The molecule has 8 nitrogen and oxygen atoms in total. The number of aromatic nitrogens is 6. The highest BCUT2D eigenvalue weighted by Gasteiger charge is 2.20. The van der Waals surface area contributed by atoms with Crippen LogP contribution in [-0.2, 0) is 17.0 Å².